The van der Waals surface area contributed by atoms with Crippen LogP contribution in [0.2, 0.25) is 0 Å². The summed E-state index contributed by atoms with van der Waals surface area (Å²) in [4.78, 5) is 0. The maximum Gasteiger partial charge on any atom is 0.0646 e. The molecule has 1 aromatic carbocycles. The van der Waals surface area contributed by atoms with E-state index in [1.807, 2.05) is 35.1 Å². The third-order valence-electron chi connectivity index (χ3n) is 2.32. The fraction of sp³-hybridized carbons (Fsp3) is 0.214. The monoisotopic (exact) mass is 225 g/mol. The molecule has 0 unspecified atom stereocenters. The van der Waals surface area contributed by atoms with Gasteiger partial charge < -0.3 is 5.73 Å². The normalized spacial score (nSPS) is 9.71. The molecule has 3 heteroatoms. The highest BCUT2D eigenvalue weighted by Crippen LogP contribution is 2.05. The van der Waals surface area contributed by atoms with E-state index < -0.39 is 0 Å². The van der Waals surface area contributed by atoms with Gasteiger partial charge in [0, 0.05) is 24.0 Å². The summed E-state index contributed by atoms with van der Waals surface area (Å²) in [5.74, 6) is 6.15. The zero-order valence-electron chi connectivity index (χ0n) is 9.85. The molecule has 0 aliphatic rings. The van der Waals surface area contributed by atoms with Crippen LogP contribution in [0.3, 0.4) is 0 Å². The van der Waals surface area contributed by atoms with Crippen LogP contribution in [0.25, 0.3) is 0 Å². The van der Waals surface area contributed by atoms with Crippen LogP contribution in [0, 0.1) is 11.8 Å². The molecule has 1 aromatic heterocycles. The van der Waals surface area contributed by atoms with Crippen molar-refractivity contribution in [1.82, 2.24) is 9.78 Å². The summed E-state index contributed by atoms with van der Waals surface area (Å²) in [6.07, 6.45) is 4.82. The van der Waals surface area contributed by atoms with Crippen molar-refractivity contribution in [2.45, 2.75) is 19.9 Å². The maximum atomic E-state index is 5.69. The van der Waals surface area contributed by atoms with Crippen molar-refractivity contribution in [2.75, 3.05) is 5.73 Å². The molecule has 0 fully saturated rings. The van der Waals surface area contributed by atoms with Crippen LogP contribution in [0.15, 0.2) is 36.7 Å². The minimum absolute atomic E-state index is 0.735. The number of hydrogen-bond donors (Lipinski definition) is 1. The smallest absolute Gasteiger partial charge is 0.0646 e. The summed E-state index contributed by atoms with van der Waals surface area (Å²) >= 11 is 0. The van der Waals surface area contributed by atoms with Gasteiger partial charge in [-0.25, -0.2) is 0 Å². The average molecular weight is 225 g/mol. The van der Waals surface area contributed by atoms with Crippen LogP contribution in [-0.2, 0) is 6.54 Å². The summed E-state index contributed by atoms with van der Waals surface area (Å²) in [7, 11) is 0. The Morgan fingerprint density at radius 2 is 2.12 bits per heavy atom. The quantitative estimate of drug-likeness (QED) is 0.629. The standard InChI is InChI=1S/C14H15N3/c1-2-8-17-11-13(10-16-17)7-6-12-4-3-5-14(15)9-12/h3-5,9-11H,2,8,15H2,1H3. The second kappa shape index (κ2) is 5.22. The fourth-order valence-electron chi connectivity index (χ4n) is 1.54. The second-order valence-corrected chi connectivity index (χ2v) is 3.87. The predicted octanol–water partition coefficient (Wildman–Crippen LogP) is 2.28. The number of nitrogen functional groups attached to an aromatic ring is 1. The highest BCUT2D eigenvalue weighted by molar-refractivity contribution is 5.49. The van der Waals surface area contributed by atoms with Gasteiger partial charge in [0.15, 0.2) is 0 Å². The zero-order valence-corrected chi connectivity index (χ0v) is 9.85. The lowest BCUT2D eigenvalue weighted by molar-refractivity contribution is 0.602. The molecule has 0 radical (unpaired) electrons. The number of hydrogen-bond acceptors (Lipinski definition) is 2. The van der Waals surface area contributed by atoms with Crippen LogP contribution in [0.4, 0.5) is 5.69 Å². The van der Waals surface area contributed by atoms with E-state index in [4.69, 9.17) is 5.73 Å². The highest BCUT2D eigenvalue weighted by Gasteiger charge is 1.93. The first kappa shape index (κ1) is 11.3. The first-order valence-electron chi connectivity index (χ1n) is 5.68. The third kappa shape index (κ3) is 3.12. The van der Waals surface area contributed by atoms with Gasteiger partial charge >= 0.3 is 0 Å². The number of aryl methyl sites for hydroxylation is 1. The third-order valence-corrected chi connectivity index (χ3v) is 2.32. The van der Waals surface area contributed by atoms with Gasteiger partial charge in [-0.2, -0.15) is 5.10 Å². The number of rotatable bonds is 2. The lowest BCUT2D eigenvalue weighted by atomic mass is 10.2. The SMILES string of the molecule is CCCn1cc(C#Cc2cccc(N)c2)cn1. The summed E-state index contributed by atoms with van der Waals surface area (Å²) in [6.45, 7) is 3.06. The van der Waals surface area contributed by atoms with Crippen molar-refractivity contribution in [3.63, 3.8) is 0 Å². The van der Waals surface area contributed by atoms with E-state index >= 15 is 0 Å². The van der Waals surface area contributed by atoms with Gasteiger partial charge in [0.2, 0.25) is 0 Å². The number of nitrogens with two attached hydrogens (primary N) is 1. The zero-order chi connectivity index (χ0) is 12.1. The molecule has 0 bridgehead atoms. The van der Waals surface area contributed by atoms with Gasteiger partial charge in [-0.1, -0.05) is 24.8 Å². The first-order chi connectivity index (χ1) is 8.28. The van der Waals surface area contributed by atoms with Crippen molar-refractivity contribution in [2.24, 2.45) is 0 Å². The van der Waals surface area contributed by atoms with E-state index in [0.29, 0.717) is 0 Å². The summed E-state index contributed by atoms with van der Waals surface area (Å²) in [5.41, 5.74) is 8.28. The Balaban J connectivity index is 2.15. The summed E-state index contributed by atoms with van der Waals surface area (Å²) in [5, 5.41) is 4.23. The molecule has 0 aliphatic heterocycles. The number of benzene rings is 1. The van der Waals surface area contributed by atoms with Crippen LogP contribution in [-0.4, -0.2) is 9.78 Å². The minimum atomic E-state index is 0.735. The van der Waals surface area contributed by atoms with Gasteiger partial charge in [-0.15, -0.1) is 0 Å². The summed E-state index contributed by atoms with van der Waals surface area (Å²) in [6, 6.07) is 7.56. The topological polar surface area (TPSA) is 43.8 Å². The van der Waals surface area contributed by atoms with Crippen molar-refractivity contribution >= 4 is 5.69 Å². The molecule has 0 saturated heterocycles. The molecule has 0 atom stereocenters. The molecule has 17 heavy (non-hydrogen) atoms. The lowest BCUT2D eigenvalue weighted by Crippen LogP contribution is -1.95. The van der Waals surface area contributed by atoms with Crippen LogP contribution < -0.4 is 5.73 Å². The first-order valence-corrected chi connectivity index (χ1v) is 5.68. The van der Waals surface area contributed by atoms with Gasteiger partial charge in [-0.05, 0) is 24.6 Å². The Hall–Kier alpha value is -2.21. The molecule has 86 valence electrons. The van der Waals surface area contributed by atoms with E-state index in [1.54, 1.807) is 6.20 Å². The lowest BCUT2D eigenvalue weighted by Gasteiger charge is -1.93. The number of nitrogens with zero attached hydrogens (tertiary/aromatic N) is 2. The van der Waals surface area contributed by atoms with Gasteiger partial charge in [0.05, 0.1) is 11.8 Å². The Labute approximate surface area is 101 Å². The van der Waals surface area contributed by atoms with E-state index in [9.17, 15) is 0 Å². The molecule has 0 aliphatic carbocycles. The second-order valence-electron chi connectivity index (χ2n) is 3.87. The minimum Gasteiger partial charge on any atom is -0.399 e. The molecule has 0 spiro atoms. The highest BCUT2D eigenvalue weighted by atomic mass is 15.3. The van der Waals surface area contributed by atoms with E-state index in [1.165, 1.54) is 0 Å². The number of anilines is 1. The molecule has 0 amide bonds. The molecule has 2 N–H and O–H groups in total. The Bertz CT molecular complexity index is 558. The Morgan fingerprint density at radius 3 is 2.88 bits per heavy atom. The number of aromatic nitrogens is 2. The maximum absolute atomic E-state index is 5.69. The Kier molecular flexibility index (Phi) is 3.46. The van der Waals surface area contributed by atoms with Gasteiger partial charge in [-0.3, -0.25) is 4.68 Å². The molecular formula is C14H15N3. The van der Waals surface area contributed by atoms with E-state index in [2.05, 4.69) is 23.9 Å². The molecule has 0 saturated carbocycles. The van der Waals surface area contributed by atoms with Gasteiger partial charge in [0.25, 0.3) is 0 Å². The van der Waals surface area contributed by atoms with Crippen LogP contribution in [0.1, 0.15) is 24.5 Å². The molecule has 1 heterocycles. The van der Waals surface area contributed by atoms with E-state index in [-0.39, 0.29) is 0 Å². The Morgan fingerprint density at radius 1 is 1.29 bits per heavy atom. The van der Waals surface area contributed by atoms with Crippen molar-refractivity contribution < 1.29 is 0 Å². The van der Waals surface area contributed by atoms with Crippen molar-refractivity contribution in [3.05, 3.63) is 47.8 Å². The van der Waals surface area contributed by atoms with Crippen LogP contribution in [0.5, 0.6) is 0 Å². The van der Waals surface area contributed by atoms with Crippen molar-refractivity contribution in [3.8, 4) is 11.8 Å². The average Bonchev–Trinajstić information content (AvgIpc) is 2.75. The molecule has 2 rings (SSSR count). The summed E-state index contributed by atoms with van der Waals surface area (Å²) < 4.78 is 1.91. The molecule has 2 aromatic rings. The van der Waals surface area contributed by atoms with Crippen LogP contribution >= 0.6 is 0 Å². The molecule has 3 nitrogen and oxygen atoms in total. The van der Waals surface area contributed by atoms with E-state index in [0.717, 1.165) is 29.8 Å². The molecular weight excluding hydrogens is 210 g/mol. The van der Waals surface area contributed by atoms with Crippen molar-refractivity contribution in [1.29, 1.82) is 0 Å². The largest absolute Gasteiger partial charge is 0.399 e. The fourth-order valence-corrected chi connectivity index (χ4v) is 1.54. The van der Waals surface area contributed by atoms with Gasteiger partial charge in [0.1, 0.15) is 0 Å². The predicted molar refractivity (Wildman–Crippen MR) is 69.4 cm³/mol.